The van der Waals surface area contributed by atoms with E-state index in [1.807, 2.05) is 30.3 Å². The average molecular weight is 353 g/mol. The first kappa shape index (κ1) is 17.1. The lowest BCUT2D eigenvalue weighted by molar-refractivity contribution is -0.120. The summed E-state index contributed by atoms with van der Waals surface area (Å²) in [5.74, 6) is -0.403. The van der Waals surface area contributed by atoms with Crippen LogP contribution in [0.4, 0.5) is 4.79 Å². The number of urea groups is 1. The minimum Gasteiger partial charge on any atom is -0.423 e. The van der Waals surface area contributed by atoms with Gasteiger partial charge in [0.2, 0.25) is 18.2 Å². The van der Waals surface area contributed by atoms with Crippen LogP contribution in [0.15, 0.2) is 64.3 Å². The van der Waals surface area contributed by atoms with Gasteiger partial charge in [-0.25, -0.2) is 4.79 Å². The molecule has 0 bridgehead atoms. The molecule has 0 saturated carbocycles. The fourth-order valence-corrected chi connectivity index (χ4v) is 2.22. The van der Waals surface area contributed by atoms with Gasteiger partial charge in [-0.3, -0.25) is 14.9 Å². The maximum atomic E-state index is 12.0. The van der Waals surface area contributed by atoms with Gasteiger partial charge in [0.1, 0.15) is 6.54 Å². The summed E-state index contributed by atoms with van der Waals surface area (Å²) >= 11 is 0. The van der Waals surface area contributed by atoms with Crippen molar-refractivity contribution in [3.63, 3.8) is 0 Å². The number of aromatic nitrogens is 3. The second-order valence-electron chi connectivity index (χ2n) is 5.34. The molecule has 0 aliphatic carbocycles. The van der Waals surface area contributed by atoms with E-state index in [2.05, 4.69) is 20.8 Å². The molecule has 0 fully saturated rings. The summed E-state index contributed by atoms with van der Waals surface area (Å²) in [6, 6.07) is 11.4. The van der Waals surface area contributed by atoms with E-state index in [4.69, 9.17) is 4.42 Å². The van der Waals surface area contributed by atoms with Gasteiger partial charge in [-0.2, -0.15) is 0 Å². The quantitative estimate of drug-likeness (QED) is 0.704. The Morgan fingerprint density at radius 3 is 2.65 bits per heavy atom. The van der Waals surface area contributed by atoms with E-state index in [0.29, 0.717) is 5.56 Å². The fourth-order valence-electron chi connectivity index (χ4n) is 2.22. The number of carbonyl (C=O) groups excluding carboxylic acids is 2. The Kier molecular flexibility index (Phi) is 5.18. The van der Waals surface area contributed by atoms with Crippen LogP contribution in [0.3, 0.4) is 0 Å². The first-order valence-corrected chi connectivity index (χ1v) is 7.70. The Balaban J connectivity index is 1.58. The number of hydrogen-bond donors (Lipinski definition) is 2. The summed E-state index contributed by atoms with van der Waals surface area (Å²) in [5.41, 5.74) is 0.995. The minimum absolute atomic E-state index is 0.222. The van der Waals surface area contributed by atoms with Crippen LogP contribution >= 0.6 is 0 Å². The molecule has 9 nitrogen and oxygen atoms in total. The van der Waals surface area contributed by atoms with Crippen molar-refractivity contribution < 1.29 is 14.0 Å². The number of hydrogen-bond acceptors (Lipinski definition) is 6. The van der Waals surface area contributed by atoms with Crippen LogP contribution < -0.4 is 16.2 Å². The number of nitrogens with zero attached hydrogens (tertiary/aromatic N) is 3. The predicted octanol–water partition coefficient (Wildman–Crippen LogP) is 0.924. The number of nitrogens with one attached hydrogen (secondary N) is 2. The highest BCUT2D eigenvalue weighted by molar-refractivity contribution is 5.94. The largest absolute Gasteiger partial charge is 0.423 e. The molecule has 2 N–H and O–H groups in total. The summed E-state index contributed by atoms with van der Waals surface area (Å²) in [7, 11) is 0. The van der Waals surface area contributed by atoms with Crippen molar-refractivity contribution in [2.75, 3.05) is 0 Å². The molecule has 0 unspecified atom stereocenters. The molecular weight excluding hydrogens is 338 g/mol. The normalized spacial score (nSPS) is 10.3. The molecule has 3 amide bonds. The highest BCUT2D eigenvalue weighted by Gasteiger charge is 2.11. The van der Waals surface area contributed by atoms with Crippen LogP contribution in [0, 0.1) is 0 Å². The molecule has 0 spiro atoms. The third-order valence-corrected chi connectivity index (χ3v) is 3.45. The van der Waals surface area contributed by atoms with Gasteiger partial charge in [-0.1, -0.05) is 30.3 Å². The zero-order chi connectivity index (χ0) is 18.4. The van der Waals surface area contributed by atoms with Crippen LogP contribution in [0.1, 0.15) is 5.56 Å². The number of imide groups is 1. The zero-order valence-corrected chi connectivity index (χ0v) is 13.6. The molecule has 3 rings (SSSR count). The van der Waals surface area contributed by atoms with Crippen molar-refractivity contribution in [1.82, 2.24) is 25.4 Å². The van der Waals surface area contributed by atoms with Crippen LogP contribution in [0.2, 0.25) is 0 Å². The molecule has 0 radical (unpaired) electrons. The summed E-state index contributed by atoms with van der Waals surface area (Å²) in [6.45, 7) is -0.0356. The lowest BCUT2D eigenvalue weighted by atomic mass is 10.2. The van der Waals surface area contributed by atoms with Crippen LogP contribution in [-0.4, -0.2) is 26.7 Å². The van der Waals surface area contributed by atoms with Crippen LogP contribution in [-0.2, 0) is 17.9 Å². The van der Waals surface area contributed by atoms with Crippen molar-refractivity contribution in [2.45, 2.75) is 13.1 Å². The molecule has 1 aromatic carbocycles. The van der Waals surface area contributed by atoms with E-state index in [1.165, 1.54) is 18.3 Å². The van der Waals surface area contributed by atoms with Gasteiger partial charge in [-0.05, 0) is 11.6 Å². The molecule has 0 aliphatic heterocycles. The van der Waals surface area contributed by atoms with Crippen LogP contribution in [0.25, 0.3) is 11.5 Å². The zero-order valence-electron chi connectivity index (χ0n) is 13.6. The molecule has 2 heterocycles. The summed E-state index contributed by atoms with van der Waals surface area (Å²) in [5, 5.41) is 12.1. The fraction of sp³-hybridized carbons (Fsp3) is 0.118. The van der Waals surface area contributed by atoms with Gasteiger partial charge >= 0.3 is 6.03 Å². The smallest absolute Gasteiger partial charge is 0.321 e. The van der Waals surface area contributed by atoms with Crippen molar-refractivity contribution in [3.8, 4) is 11.5 Å². The van der Waals surface area contributed by atoms with E-state index in [-0.39, 0.29) is 19.0 Å². The van der Waals surface area contributed by atoms with E-state index < -0.39 is 17.5 Å². The van der Waals surface area contributed by atoms with Gasteiger partial charge in [0.25, 0.3) is 5.56 Å². The van der Waals surface area contributed by atoms with Gasteiger partial charge in [0.15, 0.2) is 0 Å². The van der Waals surface area contributed by atoms with E-state index >= 15 is 0 Å². The monoisotopic (exact) mass is 353 g/mol. The number of pyridine rings is 1. The molecular formula is C17H15N5O4. The SMILES string of the molecule is O=C(Cn1cc(-c2nnco2)ccc1=O)NC(=O)NCc1ccccc1. The van der Waals surface area contributed by atoms with Gasteiger partial charge in [0, 0.05) is 18.8 Å². The second-order valence-corrected chi connectivity index (χ2v) is 5.34. The maximum Gasteiger partial charge on any atom is 0.321 e. The number of rotatable bonds is 5. The third-order valence-electron chi connectivity index (χ3n) is 3.45. The third kappa shape index (κ3) is 4.41. The molecule has 0 aliphatic rings. The number of benzene rings is 1. The molecule has 0 saturated heterocycles. The maximum absolute atomic E-state index is 12.0. The van der Waals surface area contributed by atoms with Crippen molar-refractivity contribution in [2.24, 2.45) is 0 Å². The number of carbonyl (C=O) groups is 2. The minimum atomic E-state index is -0.639. The molecule has 3 aromatic rings. The first-order chi connectivity index (χ1) is 12.6. The Morgan fingerprint density at radius 2 is 1.92 bits per heavy atom. The Bertz CT molecular complexity index is 951. The van der Waals surface area contributed by atoms with Crippen LogP contribution in [0.5, 0.6) is 0 Å². The molecule has 0 atom stereocenters. The lowest BCUT2D eigenvalue weighted by Gasteiger charge is -2.09. The van der Waals surface area contributed by atoms with Gasteiger partial charge < -0.3 is 14.3 Å². The lowest BCUT2D eigenvalue weighted by Crippen LogP contribution is -2.41. The van der Waals surface area contributed by atoms with Gasteiger partial charge in [-0.15, -0.1) is 10.2 Å². The average Bonchev–Trinajstić information content (AvgIpc) is 3.17. The standard InChI is InChI=1S/C17H15N5O4/c23-14(20-17(25)18-8-12-4-2-1-3-5-12)10-22-9-13(6-7-15(22)24)16-21-19-11-26-16/h1-7,9,11H,8,10H2,(H2,18,20,23,25). The van der Waals surface area contributed by atoms with Crippen molar-refractivity contribution >= 4 is 11.9 Å². The van der Waals surface area contributed by atoms with Gasteiger partial charge in [0.05, 0.1) is 5.56 Å². The molecule has 132 valence electrons. The molecule has 2 aromatic heterocycles. The predicted molar refractivity (Wildman–Crippen MR) is 90.8 cm³/mol. The summed E-state index contributed by atoms with van der Waals surface area (Å²) < 4.78 is 6.21. The molecule has 9 heteroatoms. The van der Waals surface area contributed by atoms with E-state index in [9.17, 15) is 14.4 Å². The number of amides is 3. The Morgan fingerprint density at radius 1 is 1.12 bits per heavy atom. The molecule has 26 heavy (non-hydrogen) atoms. The highest BCUT2D eigenvalue weighted by Crippen LogP contribution is 2.13. The Hall–Kier alpha value is -3.75. The second kappa shape index (κ2) is 7.88. The first-order valence-electron chi connectivity index (χ1n) is 7.70. The van der Waals surface area contributed by atoms with Crippen molar-refractivity contribution in [3.05, 3.63) is 71.0 Å². The summed E-state index contributed by atoms with van der Waals surface area (Å²) in [6.07, 6.45) is 2.58. The van der Waals surface area contributed by atoms with E-state index in [1.54, 1.807) is 0 Å². The van der Waals surface area contributed by atoms with Crippen molar-refractivity contribution in [1.29, 1.82) is 0 Å². The highest BCUT2D eigenvalue weighted by atomic mass is 16.4. The van der Waals surface area contributed by atoms with E-state index in [0.717, 1.165) is 16.5 Å². The Labute approximate surface area is 147 Å². The summed E-state index contributed by atoms with van der Waals surface area (Å²) in [4.78, 5) is 35.7. The topological polar surface area (TPSA) is 119 Å².